The smallest absolute Gasteiger partial charge is 0.250 e. The molecule has 3 aromatic heterocycles. The van der Waals surface area contributed by atoms with Crippen LogP contribution in [0.3, 0.4) is 0 Å². The van der Waals surface area contributed by atoms with Gasteiger partial charge in [-0.15, -0.1) is 11.3 Å². The third kappa shape index (κ3) is 3.77. The van der Waals surface area contributed by atoms with Gasteiger partial charge in [-0.05, 0) is 24.6 Å². The molecule has 2 N–H and O–H groups in total. The normalized spacial score (nSPS) is 10.8. The number of carbonyl (C=O) groups is 1. The van der Waals surface area contributed by atoms with Crippen molar-refractivity contribution in [3.8, 4) is 27.8 Å². The van der Waals surface area contributed by atoms with Gasteiger partial charge in [-0.25, -0.2) is 9.97 Å². The molecule has 0 radical (unpaired) electrons. The van der Waals surface area contributed by atoms with E-state index in [-0.39, 0.29) is 0 Å². The fourth-order valence-corrected chi connectivity index (χ4v) is 4.03. The Kier molecular flexibility index (Phi) is 5.14. The van der Waals surface area contributed by atoms with Crippen LogP contribution in [0.1, 0.15) is 21.6 Å². The minimum atomic E-state index is -0.439. The summed E-state index contributed by atoms with van der Waals surface area (Å²) in [5.74, 6) is 0.120. The van der Waals surface area contributed by atoms with Gasteiger partial charge in [0.2, 0.25) is 5.88 Å². The second-order valence-corrected chi connectivity index (χ2v) is 7.45. The van der Waals surface area contributed by atoms with Crippen LogP contribution in [0.5, 0.6) is 5.88 Å². The Bertz CT molecular complexity index is 1150. The minimum Gasteiger partial charge on any atom is -0.481 e. The van der Waals surface area contributed by atoms with Crippen molar-refractivity contribution in [2.45, 2.75) is 13.5 Å². The molecule has 3 heterocycles. The van der Waals surface area contributed by atoms with Gasteiger partial charge in [0.15, 0.2) is 0 Å². The van der Waals surface area contributed by atoms with Crippen molar-refractivity contribution >= 4 is 17.2 Å². The first kappa shape index (κ1) is 18.9. The van der Waals surface area contributed by atoms with E-state index in [0.717, 1.165) is 33.2 Å². The number of amides is 1. The first-order valence-corrected chi connectivity index (χ1v) is 9.95. The van der Waals surface area contributed by atoms with Crippen LogP contribution in [0.4, 0.5) is 0 Å². The zero-order valence-electron chi connectivity index (χ0n) is 16.1. The highest BCUT2D eigenvalue weighted by molar-refractivity contribution is 7.13. The Hall–Kier alpha value is -3.45. The van der Waals surface area contributed by atoms with Gasteiger partial charge < -0.3 is 15.0 Å². The summed E-state index contributed by atoms with van der Waals surface area (Å²) in [4.78, 5) is 21.0. The van der Waals surface area contributed by atoms with Crippen molar-refractivity contribution in [2.75, 3.05) is 7.11 Å². The van der Waals surface area contributed by atoms with Gasteiger partial charge in [-0.1, -0.05) is 30.3 Å². The van der Waals surface area contributed by atoms with E-state index in [2.05, 4.69) is 21.7 Å². The van der Waals surface area contributed by atoms with Crippen LogP contribution in [0.15, 0.2) is 60.1 Å². The van der Waals surface area contributed by atoms with E-state index in [0.29, 0.717) is 18.0 Å². The van der Waals surface area contributed by atoms with Crippen LogP contribution in [-0.4, -0.2) is 27.6 Å². The lowest BCUT2D eigenvalue weighted by atomic mass is 10.2. The highest BCUT2D eigenvalue weighted by Crippen LogP contribution is 2.32. The Morgan fingerprint density at radius 1 is 1.21 bits per heavy atom. The molecule has 146 valence electrons. The molecular formula is C22H20N4O2S. The second-order valence-electron chi connectivity index (χ2n) is 6.59. The summed E-state index contributed by atoms with van der Waals surface area (Å²) in [6, 6.07) is 15.7. The van der Waals surface area contributed by atoms with Crippen LogP contribution < -0.4 is 10.5 Å². The molecule has 6 nitrogen and oxygen atoms in total. The van der Waals surface area contributed by atoms with Crippen molar-refractivity contribution in [2.24, 2.45) is 5.73 Å². The number of nitrogens with two attached hydrogens (primary N) is 1. The zero-order valence-corrected chi connectivity index (χ0v) is 16.9. The molecule has 0 unspecified atom stereocenters. The number of pyridine rings is 1. The molecule has 0 saturated carbocycles. The molecule has 4 rings (SSSR count). The fraction of sp³-hybridized carbons (Fsp3) is 0.136. The average Bonchev–Trinajstić information content (AvgIpc) is 3.34. The van der Waals surface area contributed by atoms with Crippen LogP contribution in [0, 0.1) is 6.92 Å². The van der Waals surface area contributed by atoms with Crippen molar-refractivity contribution in [3.05, 3.63) is 76.9 Å². The molecule has 1 aromatic carbocycles. The molecular weight excluding hydrogens is 384 g/mol. The first-order chi connectivity index (χ1) is 14.1. The Morgan fingerprint density at radius 2 is 2.00 bits per heavy atom. The summed E-state index contributed by atoms with van der Waals surface area (Å²) in [7, 11) is 1.59. The van der Waals surface area contributed by atoms with Gasteiger partial charge in [-0.3, -0.25) is 4.79 Å². The average molecular weight is 404 g/mol. The highest BCUT2D eigenvalue weighted by atomic mass is 32.1. The molecule has 0 aliphatic carbocycles. The number of nitrogens with zero attached hydrogens (tertiary/aromatic N) is 3. The third-order valence-electron chi connectivity index (χ3n) is 4.77. The monoisotopic (exact) mass is 404 g/mol. The molecule has 0 aliphatic rings. The number of benzene rings is 1. The Labute approximate surface area is 172 Å². The molecule has 1 amide bonds. The number of thiazole rings is 1. The summed E-state index contributed by atoms with van der Waals surface area (Å²) in [5.41, 5.74) is 10.7. The molecule has 29 heavy (non-hydrogen) atoms. The molecule has 0 aliphatic heterocycles. The van der Waals surface area contributed by atoms with E-state index < -0.39 is 5.91 Å². The quantitative estimate of drug-likeness (QED) is 0.524. The molecule has 0 bridgehead atoms. The zero-order chi connectivity index (χ0) is 20.4. The van der Waals surface area contributed by atoms with E-state index in [1.165, 1.54) is 11.3 Å². The second kappa shape index (κ2) is 7.89. The van der Waals surface area contributed by atoms with E-state index in [1.54, 1.807) is 13.3 Å². The third-order valence-corrected chi connectivity index (χ3v) is 5.67. The summed E-state index contributed by atoms with van der Waals surface area (Å²) < 4.78 is 7.20. The molecule has 0 fully saturated rings. The van der Waals surface area contributed by atoms with Gasteiger partial charge in [0.1, 0.15) is 5.01 Å². The maximum Gasteiger partial charge on any atom is 0.250 e. The molecule has 4 aromatic rings. The molecule has 0 saturated heterocycles. The lowest BCUT2D eigenvalue weighted by Gasteiger charge is -2.11. The topological polar surface area (TPSA) is 83.0 Å². The number of aromatic nitrogens is 3. The number of hydrogen-bond acceptors (Lipinski definition) is 5. The van der Waals surface area contributed by atoms with Gasteiger partial charge in [0.25, 0.3) is 5.91 Å². The van der Waals surface area contributed by atoms with Crippen molar-refractivity contribution in [1.29, 1.82) is 0 Å². The van der Waals surface area contributed by atoms with Crippen molar-refractivity contribution in [3.63, 3.8) is 0 Å². The van der Waals surface area contributed by atoms with Gasteiger partial charge in [0.05, 0.1) is 24.1 Å². The predicted molar refractivity (Wildman–Crippen MR) is 114 cm³/mol. The van der Waals surface area contributed by atoms with E-state index >= 15 is 0 Å². The predicted octanol–water partition coefficient (Wildman–Crippen LogP) is 4.14. The van der Waals surface area contributed by atoms with Gasteiger partial charge >= 0.3 is 0 Å². The minimum absolute atomic E-state index is 0.439. The lowest BCUT2D eigenvalue weighted by Crippen LogP contribution is -2.12. The number of carbonyl (C=O) groups excluding carboxylic acids is 1. The molecule has 7 heteroatoms. The standard InChI is InChI=1S/C22H20N4O2S/c1-14-17(21(23)27)10-19(26(14)12-15-6-4-3-5-7-15)18-13-29-22(25-18)16-8-9-20(28-2)24-11-16/h3-11,13H,12H2,1-2H3,(H2,23,27). The number of ether oxygens (including phenoxy) is 1. The fourth-order valence-electron chi connectivity index (χ4n) is 3.23. The van der Waals surface area contributed by atoms with Crippen LogP contribution in [0.25, 0.3) is 22.0 Å². The maximum atomic E-state index is 11.9. The summed E-state index contributed by atoms with van der Waals surface area (Å²) in [5, 5.41) is 2.83. The van der Waals surface area contributed by atoms with E-state index in [4.69, 9.17) is 15.5 Å². The summed E-state index contributed by atoms with van der Waals surface area (Å²) in [6.45, 7) is 2.54. The number of methoxy groups -OCH3 is 1. The van der Waals surface area contributed by atoms with E-state index in [1.807, 2.05) is 48.7 Å². The first-order valence-electron chi connectivity index (χ1n) is 9.07. The van der Waals surface area contributed by atoms with Crippen molar-refractivity contribution in [1.82, 2.24) is 14.5 Å². The lowest BCUT2D eigenvalue weighted by molar-refractivity contribution is 0.0999. The number of primary amides is 1. The number of rotatable bonds is 6. The van der Waals surface area contributed by atoms with Crippen molar-refractivity contribution < 1.29 is 9.53 Å². The molecule has 0 atom stereocenters. The van der Waals surface area contributed by atoms with E-state index in [9.17, 15) is 4.79 Å². The Balaban J connectivity index is 1.75. The SMILES string of the molecule is COc1ccc(-c2nc(-c3cc(C(N)=O)c(C)n3Cc3ccccc3)cs2)cn1. The van der Waals surface area contributed by atoms with Gasteiger partial charge in [-0.2, -0.15) is 0 Å². The van der Waals surface area contributed by atoms with Crippen LogP contribution >= 0.6 is 11.3 Å². The number of hydrogen-bond donors (Lipinski definition) is 1. The highest BCUT2D eigenvalue weighted by Gasteiger charge is 2.19. The largest absolute Gasteiger partial charge is 0.481 e. The van der Waals surface area contributed by atoms with Crippen LogP contribution in [0.2, 0.25) is 0 Å². The maximum absolute atomic E-state index is 11.9. The van der Waals surface area contributed by atoms with Crippen LogP contribution in [-0.2, 0) is 6.54 Å². The Morgan fingerprint density at radius 3 is 2.66 bits per heavy atom. The summed E-state index contributed by atoms with van der Waals surface area (Å²) >= 11 is 1.53. The van der Waals surface area contributed by atoms with Gasteiger partial charge in [0, 0.05) is 35.4 Å². The summed E-state index contributed by atoms with van der Waals surface area (Å²) in [6.07, 6.45) is 1.74. The molecule has 0 spiro atoms.